The van der Waals surface area contributed by atoms with Gasteiger partial charge in [-0.25, -0.2) is 0 Å². The molecule has 1 unspecified atom stereocenters. The van der Waals surface area contributed by atoms with Gasteiger partial charge in [0.15, 0.2) is 0 Å². The smallest absolute Gasteiger partial charge is 0.304 e. The van der Waals surface area contributed by atoms with E-state index in [0.29, 0.717) is 6.54 Å². The molecule has 0 bridgehead atoms. The lowest BCUT2D eigenvalue weighted by Crippen LogP contribution is -2.34. The summed E-state index contributed by atoms with van der Waals surface area (Å²) in [4.78, 5) is 10.9. The first kappa shape index (κ1) is 15.7. The van der Waals surface area contributed by atoms with E-state index in [9.17, 15) is 4.79 Å². The van der Waals surface area contributed by atoms with Gasteiger partial charge < -0.3 is 10.4 Å². The lowest BCUT2D eigenvalue weighted by atomic mass is 9.87. The van der Waals surface area contributed by atoms with E-state index in [1.807, 2.05) is 0 Å². The minimum atomic E-state index is -0.745. The zero-order chi connectivity index (χ0) is 14.5. The van der Waals surface area contributed by atoms with Gasteiger partial charge in [0, 0.05) is 12.6 Å². The normalized spacial score (nSPS) is 13.3. The number of nitrogens with one attached hydrogen (secondary N) is 1. The van der Waals surface area contributed by atoms with Gasteiger partial charge in [0.05, 0.1) is 6.42 Å². The molecular weight excluding hydrogens is 238 g/mol. The van der Waals surface area contributed by atoms with Gasteiger partial charge in [0.1, 0.15) is 0 Å². The van der Waals surface area contributed by atoms with Gasteiger partial charge in [0.25, 0.3) is 0 Å². The van der Waals surface area contributed by atoms with Gasteiger partial charge in [-0.05, 0) is 24.3 Å². The number of hydrogen-bond donors (Lipinski definition) is 2. The van der Waals surface area contributed by atoms with Crippen LogP contribution in [0, 0.1) is 12.3 Å². The van der Waals surface area contributed by atoms with Crippen LogP contribution in [0.25, 0.3) is 0 Å². The molecule has 0 aliphatic carbocycles. The molecule has 0 aliphatic heterocycles. The molecule has 19 heavy (non-hydrogen) atoms. The predicted molar refractivity (Wildman–Crippen MR) is 78.1 cm³/mol. The molecule has 3 heteroatoms. The third kappa shape index (κ3) is 6.97. The van der Waals surface area contributed by atoms with E-state index < -0.39 is 5.97 Å². The van der Waals surface area contributed by atoms with E-state index in [-0.39, 0.29) is 17.9 Å². The Balaban J connectivity index is 2.57. The molecule has 0 aromatic heterocycles. The average Bonchev–Trinajstić information content (AvgIpc) is 2.25. The minimum Gasteiger partial charge on any atom is -0.481 e. The molecule has 106 valence electrons. The molecule has 0 saturated heterocycles. The molecule has 3 nitrogen and oxygen atoms in total. The highest BCUT2D eigenvalue weighted by atomic mass is 16.4. The van der Waals surface area contributed by atoms with Crippen LogP contribution in [0.1, 0.15) is 44.7 Å². The molecule has 0 heterocycles. The first-order chi connectivity index (χ1) is 8.76. The van der Waals surface area contributed by atoms with Crippen LogP contribution in [-0.2, 0) is 11.3 Å². The quantitative estimate of drug-likeness (QED) is 0.827. The van der Waals surface area contributed by atoms with E-state index >= 15 is 0 Å². The number of aryl methyl sites for hydroxylation is 1. The second-order valence-electron chi connectivity index (χ2n) is 6.43. The summed E-state index contributed by atoms with van der Waals surface area (Å²) in [5, 5.41) is 12.3. The topological polar surface area (TPSA) is 49.3 Å². The van der Waals surface area contributed by atoms with Crippen molar-refractivity contribution in [2.75, 3.05) is 0 Å². The SMILES string of the molecule is Cc1ccc(CNC(CC(=O)O)CC(C)(C)C)cc1. The van der Waals surface area contributed by atoms with Crippen LogP contribution in [0.15, 0.2) is 24.3 Å². The second kappa shape index (κ2) is 6.71. The summed E-state index contributed by atoms with van der Waals surface area (Å²) in [6.45, 7) is 9.18. The fraction of sp³-hybridized carbons (Fsp3) is 0.562. The second-order valence-corrected chi connectivity index (χ2v) is 6.43. The molecule has 0 radical (unpaired) electrons. The van der Waals surface area contributed by atoms with Gasteiger partial charge >= 0.3 is 5.97 Å². The monoisotopic (exact) mass is 263 g/mol. The van der Waals surface area contributed by atoms with E-state index in [1.54, 1.807) is 0 Å². The van der Waals surface area contributed by atoms with Gasteiger partial charge in [-0.15, -0.1) is 0 Å². The first-order valence-corrected chi connectivity index (χ1v) is 6.77. The number of carboxylic acid groups (broad SMARTS) is 1. The standard InChI is InChI=1S/C16H25NO2/c1-12-5-7-13(8-6-12)11-17-14(9-15(18)19)10-16(2,3)4/h5-8,14,17H,9-11H2,1-4H3,(H,18,19). The van der Waals surface area contributed by atoms with E-state index in [2.05, 4.69) is 57.3 Å². The summed E-state index contributed by atoms with van der Waals surface area (Å²) in [5.41, 5.74) is 2.55. The molecule has 0 aliphatic rings. The van der Waals surface area contributed by atoms with E-state index in [4.69, 9.17) is 5.11 Å². The maximum absolute atomic E-state index is 10.9. The van der Waals surface area contributed by atoms with Crippen molar-refractivity contribution < 1.29 is 9.90 Å². The van der Waals surface area contributed by atoms with Crippen molar-refractivity contribution in [3.63, 3.8) is 0 Å². The average molecular weight is 263 g/mol. The first-order valence-electron chi connectivity index (χ1n) is 6.77. The van der Waals surface area contributed by atoms with Crippen molar-refractivity contribution in [2.45, 2.75) is 53.1 Å². The highest BCUT2D eigenvalue weighted by Gasteiger charge is 2.20. The predicted octanol–water partition coefficient (Wildman–Crippen LogP) is 3.36. The highest BCUT2D eigenvalue weighted by Crippen LogP contribution is 2.22. The Morgan fingerprint density at radius 2 is 1.84 bits per heavy atom. The third-order valence-corrected chi connectivity index (χ3v) is 3.00. The van der Waals surface area contributed by atoms with Crippen LogP contribution in [-0.4, -0.2) is 17.1 Å². The molecule has 0 saturated carbocycles. The summed E-state index contributed by atoms with van der Waals surface area (Å²) < 4.78 is 0. The van der Waals surface area contributed by atoms with Crippen molar-refractivity contribution in [1.82, 2.24) is 5.32 Å². The molecule has 1 atom stereocenters. The van der Waals surface area contributed by atoms with Crippen LogP contribution in [0.2, 0.25) is 0 Å². The minimum absolute atomic E-state index is 0.0128. The van der Waals surface area contributed by atoms with Crippen molar-refractivity contribution in [2.24, 2.45) is 5.41 Å². The molecule has 1 aromatic rings. The Kier molecular flexibility index (Phi) is 5.55. The van der Waals surface area contributed by atoms with Crippen LogP contribution in [0.5, 0.6) is 0 Å². The number of rotatable bonds is 6. The number of hydrogen-bond acceptors (Lipinski definition) is 2. The molecule has 0 amide bonds. The Hall–Kier alpha value is -1.35. The van der Waals surface area contributed by atoms with Crippen LogP contribution in [0.4, 0.5) is 0 Å². The number of carboxylic acids is 1. The van der Waals surface area contributed by atoms with Crippen LogP contribution >= 0.6 is 0 Å². The van der Waals surface area contributed by atoms with Crippen molar-refractivity contribution >= 4 is 5.97 Å². The molecule has 2 N–H and O–H groups in total. The summed E-state index contributed by atoms with van der Waals surface area (Å²) in [5.74, 6) is -0.745. The molecule has 1 aromatic carbocycles. The van der Waals surface area contributed by atoms with Crippen molar-refractivity contribution in [3.05, 3.63) is 35.4 Å². The maximum atomic E-state index is 10.9. The Morgan fingerprint density at radius 1 is 1.26 bits per heavy atom. The fourth-order valence-electron chi connectivity index (χ4n) is 2.13. The van der Waals surface area contributed by atoms with Crippen molar-refractivity contribution in [3.8, 4) is 0 Å². The van der Waals surface area contributed by atoms with E-state index in [1.165, 1.54) is 11.1 Å². The number of benzene rings is 1. The van der Waals surface area contributed by atoms with Crippen LogP contribution < -0.4 is 5.32 Å². The van der Waals surface area contributed by atoms with E-state index in [0.717, 1.165) is 6.42 Å². The van der Waals surface area contributed by atoms with Crippen LogP contribution in [0.3, 0.4) is 0 Å². The lowest BCUT2D eigenvalue weighted by Gasteiger charge is -2.26. The Labute approximate surface area is 116 Å². The Bertz CT molecular complexity index is 404. The molecule has 0 spiro atoms. The van der Waals surface area contributed by atoms with Gasteiger partial charge in [-0.1, -0.05) is 50.6 Å². The van der Waals surface area contributed by atoms with Gasteiger partial charge in [-0.2, -0.15) is 0 Å². The zero-order valence-corrected chi connectivity index (χ0v) is 12.4. The van der Waals surface area contributed by atoms with Gasteiger partial charge in [-0.3, -0.25) is 4.79 Å². The summed E-state index contributed by atoms with van der Waals surface area (Å²) in [7, 11) is 0. The fourth-order valence-corrected chi connectivity index (χ4v) is 2.13. The lowest BCUT2D eigenvalue weighted by molar-refractivity contribution is -0.137. The number of carbonyl (C=O) groups is 1. The molecular formula is C16H25NO2. The third-order valence-electron chi connectivity index (χ3n) is 3.00. The Morgan fingerprint density at radius 3 is 2.32 bits per heavy atom. The number of aliphatic carboxylic acids is 1. The van der Waals surface area contributed by atoms with Crippen molar-refractivity contribution in [1.29, 1.82) is 0 Å². The summed E-state index contributed by atoms with van der Waals surface area (Å²) in [6, 6.07) is 8.33. The largest absolute Gasteiger partial charge is 0.481 e. The highest BCUT2D eigenvalue weighted by molar-refractivity contribution is 5.67. The summed E-state index contributed by atoms with van der Waals surface area (Å²) in [6.07, 6.45) is 1.02. The summed E-state index contributed by atoms with van der Waals surface area (Å²) >= 11 is 0. The van der Waals surface area contributed by atoms with Gasteiger partial charge in [0.2, 0.25) is 0 Å². The maximum Gasteiger partial charge on any atom is 0.304 e. The molecule has 1 rings (SSSR count). The zero-order valence-electron chi connectivity index (χ0n) is 12.4. The molecule has 0 fully saturated rings.